The number of carboxylic acids is 1. The topological polar surface area (TPSA) is 37.3 Å². The predicted octanol–water partition coefficient (Wildman–Crippen LogP) is 6.85. The number of carboxylic acid groups (broad SMARTS) is 1. The van der Waals surface area contributed by atoms with Crippen molar-refractivity contribution in [1.82, 2.24) is 0 Å². The van der Waals surface area contributed by atoms with Crippen LogP contribution in [0.3, 0.4) is 0 Å². The molecule has 2 heteroatoms. The molecule has 0 spiro atoms. The summed E-state index contributed by atoms with van der Waals surface area (Å²) >= 11 is 0. The first kappa shape index (κ1) is 22.4. The first-order valence-electron chi connectivity index (χ1n) is 9.02. The van der Waals surface area contributed by atoms with Crippen LogP contribution >= 0.6 is 0 Å². The molecular weight excluding hydrogens is 296 g/mol. The summed E-state index contributed by atoms with van der Waals surface area (Å²) in [5, 5.41) is 9.15. The van der Waals surface area contributed by atoms with E-state index in [1.807, 2.05) is 0 Å². The molecule has 1 unspecified atom stereocenters. The Morgan fingerprint density at radius 2 is 1.33 bits per heavy atom. The predicted molar refractivity (Wildman–Crippen MR) is 105 cm³/mol. The van der Waals surface area contributed by atoms with Crippen molar-refractivity contribution in [2.24, 2.45) is 5.92 Å². The first-order valence-corrected chi connectivity index (χ1v) is 9.02. The van der Waals surface area contributed by atoms with E-state index in [1.54, 1.807) is 0 Å². The second-order valence-electron chi connectivity index (χ2n) is 7.30. The molecule has 0 aliphatic carbocycles. The van der Waals surface area contributed by atoms with Crippen LogP contribution in [0, 0.1) is 5.92 Å². The average Bonchev–Trinajstić information content (AvgIpc) is 2.43. The third kappa shape index (κ3) is 14.0. The van der Waals surface area contributed by atoms with E-state index < -0.39 is 5.97 Å². The van der Waals surface area contributed by atoms with Gasteiger partial charge in [-0.2, -0.15) is 0 Å². The standard InChI is InChI=1S/C22H36O2/c1-17(2)9-7-11-19(5)13-14-21(16-22(23)24)15-20(6)12-8-10-18(3)4/h9-10,13,15,21H,7-8,11-12,14,16H2,1-6H3,(H,23,24)/b19-13+,20-15+. The molecule has 1 atom stereocenters. The molecule has 2 nitrogen and oxygen atoms in total. The van der Waals surface area contributed by atoms with Gasteiger partial charge in [0.2, 0.25) is 0 Å². The third-order valence-corrected chi connectivity index (χ3v) is 3.91. The second kappa shape index (κ2) is 12.8. The normalized spacial score (nSPS) is 13.4. The summed E-state index contributed by atoms with van der Waals surface area (Å²) in [6.45, 7) is 12.7. The van der Waals surface area contributed by atoms with Crippen molar-refractivity contribution < 1.29 is 9.90 Å². The lowest BCUT2D eigenvalue weighted by atomic mass is 9.95. The van der Waals surface area contributed by atoms with Gasteiger partial charge in [-0.25, -0.2) is 0 Å². The molecule has 0 aromatic rings. The van der Waals surface area contributed by atoms with Crippen LogP contribution in [0.15, 0.2) is 46.6 Å². The Bertz CT molecular complexity index is 496. The highest BCUT2D eigenvalue weighted by molar-refractivity contribution is 5.67. The van der Waals surface area contributed by atoms with Crippen molar-refractivity contribution in [3.8, 4) is 0 Å². The van der Waals surface area contributed by atoms with Crippen LogP contribution in [-0.2, 0) is 4.79 Å². The number of rotatable bonds is 11. The zero-order valence-electron chi connectivity index (χ0n) is 16.5. The molecular formula is C22H36O2. The van der Waals surface area contributed by atoms with Crippen molar-refractivity contribution in [3.63, 3.8) is 0 Å². The van der Waals surface area contributed by atoms with E-state index in [0.29, 0.717) is 0 Å². The quantitative estimate of drug-likeness (QED) is 0.420. The van der Waals surface area contributed by atoms with Crippen LogP contribution in [0.1, 0.15) is 80.1 Å². The Labute approximate surface area is 149 Å². The first-order chi connectivity index (χ1) is 11.2. The number of carbonyl (C=O) groups is 1. The van der Waals surface area contributed by atoms with E-state index >= 15 is 0 Å². The van der Waals surface area contributed by atoms with E-state index in [-0.39, 0.29) is 12.3 Å². The van der Waals surface area contributed by atoms with Gasteiger partial charge in [-0.3, -0.25) is 4.79 Å². The molecule has 24 heavy (non-hydrogen) atoms. The van der Waals surface area contributed by atoms with Gasteiger partial charge < -0.3 is 5.11 Å². The van der Waals surface area contributed by atoms with E-state index in [1.165, 1.54) is 22.3 Å². The Morgan fingerprint density at radius 3 is 1.79 bits per heavy atom. The largest absolute Gasteiger partial charge is 0.481 e. The van der Waals surface area contributed by atoms with Gasteiger partial charge in [0.15, 0.2) is 0 Å². The van der Waals surface area contributed by atoms with Crippen LogP contribution < -0.4 is 0 Å². The van der Waals surface area contributed by atoms with E-state index in [0.717, 1.165) is 32.1 Å². The number of hydrogen-bond donors (Lipinski definition) is 1. The zero-order valence-corrected chi connectivity index (χ0v) is 16.5. The van der Waals surface area contributed by atoms with Crippen molar-refractivity contribution in [2.75, 3.05) is 0 Å². The lowest BCUT2D eigenvalue weighted by molar-refractivity contribution is -0.137. The van der Waals surface area contributed by atoms with Gasteiger partial charge >= 0.3 is 5.97 Å². The molecule has 0 aliphatic rings. The lowest BCUT2D eigenvalue weighted by Gasteiger charge is -2.11. The molecule has 0 aromatic carbocycles. The van der Waals surface area contributed by atoms with Crippen LogP contribution in [0.2, 0.25) is 0 Å². The molecule has 0 radical (unpaired) electrons. The number of allylic oxidation sites excluding steroid dienone is 8. The monoisotopic (exact) mass is 332 g/mol. The summed E-state index contributed by atoms with van der Waals surface area (Å²) in [6.07, 6.45) is 14.0. The third-order valence-electron chi connectivity index (χ3n) is 3.91. The maximum Gasteiger partial charge on any atom is 0.303 e. The number of hydrogen-bond acceptors (Lipinski definition) is 1. The summed E-state index contributed by atoms with van der Waals surface area (Å²) in [4.78, 5) is 11.1. The molecule has 136 valence electrons. The Balaban J connectivity index is 4.67. The van der Waals surface area contributed by atoms with Gasteiger partial charge in [-0.15, -0.1) is 0 Å². The molecule has 0 saturated carbocycles. The minimum absolute atomic E-state index is 0.0904. The van der Waals surface area contributed by atoms with Crippen molar-refractivity contribution in [2.45, 2.75) is 80.1 Å². The summed E-state index contributed by atoms with van der Waals surface area (Å²) in [5.74, 6) is -0.628. The Kier molecular flexibility index (Phi) is 12.0. The molecule has 0 fully saturated rings. The van der Waals surface area contributed by atoms with Gasteiger partial charge in [0.25, 0.3) is 0 Å². The second-order valence-corrected chi connectivity index (χ2v) is 7.30. The maximum absolute atomic E-state index is 11.1. The maximum atomic E-state index is 11.1. The van der Waals surface area contributed by atoms with Crippen LogP contribution in [0.25, 0.3) is 0 Å². The van der Waals surface area contributed by atoms with Gasteiger partial charge in [0, 0.05) is 0 Å². The van der Waals surface area contributed by atoms with E-state index in [4.69, 9.17) is 5.11 Å². The Hall–Kier alpha value is -1.57. The van der Waals surface area contributed by atoms with Gasteiger partial charge in [-0.1, -0.05) is 46.6 Å². The highest BCUT2D eigenvalue weighted by Gasteiger charge is 2.10. The lowest BCUT2D eigenvalue weighted by Crippen LogP contribution is -2.05. The molecule has 0 saturated heterocycles. The van der Waals surface area contributed by atoms with Crippen molar-refractivity contribution in [1.29, 1.82) is 0 Å². The van der Waals surface area contributed by atoms with Gasteiger partial charge in [-0.05, 0) is 79.6 Å². The average molecular weight is 333 g/mol. The van der Waals surface area contributed by atoms with E-state index in [9.17, 15) is 4.79 Å². The SMILES string of the molecule is CC(C)=CCC/C(C)=C/CC(/C=C(\C)CCC=C(C)C)CC(=O)O. The summed E-state index contributed by atoms with van der Waals surface area (Å²) in [6, 6.07) is 0. The van der Waals surface area contributed by atoms with Crippen molar-refractivity contribution in [3.05, 3.63) is 46.6 Å². The Morgan fingerprint density at radius 1 is 0.833 bits per heavy atom. The molecule has 0 amide bonds. The summed E-state index contributed by atoms with van der Waals surface area (Å²) in [7, 11) is 0. The van der Waals surface area contributed by atoms with Crippen molar-refractivity contribution >= 4 is 5.97 Å². The fraction of sp³-hybridized carbons (Fsp3) is 0.591. The molecule has 0 rings (SSSR count). The fourth-order valence-electron chi connectivity index (χ4n) is 2.55. The molecule has 0 heterocycles. The molecule has 1 N–H and O–H groups in total. The molecule has 0 aromatic heterocycles. The molecule has 0 aliphatic heterocycles. The minimum atomic E-state index is -0.719. The summed E-state index contributed by atoms with van der Waals surface area (Å²) < 4.78 is 0. The highest BCUT2D eigenvalue weighted by Crippen LogP contribution is 2.19. The fourth-order valence-corrected chi connectivity index (χ4v) is 2.55. The smallest absolute Gasteiger partial charge is 0.303 e. The van der Waals surface area contributed by atoms with E-state index in [2.05, 4.69) is 65.8 Å². The summed E-state index contributed by atoms with van der Waals surface area (Å²) in [5.41, 5.74) is 5.31. The zero-order chi connectivity index (χ0) is 18.5. The minimum Gasteiger partial charge on any atom is -0.481 e. The van der Waals surface area contributed by atoms with Crippen LogP contribution in [-0.4, -0.2) is 11.1 Å². The van der Waals surface area contributed by atoms with Crippen LogP contribution in [0.5, 0.6) is 0 Å². The van der Waals surface area contributed by atoms with Gasteiger partial charge in [0.1, 0.15) is 0 Å². The number of aliphatic carboxylic acids is 1. The molecule has 0 bridgehead atoms. The van der Waals surface area contributed by atoms with Crippen LogP contribution in [0.4, 0.5) is 0 Å². The highest BCUT2D eigenvalue weighted by atomic mass is 16.4. The van der Waals surface area contributed by atoms with Gasteiger partial charge in [0.05, 0.1) is 6.42 Å².